The lowest BCUT2D eigenvalue weighted by atomic mass is 9.33. The molecule has 0 saturated heterocycles. The zero-order chi connectivity index (χ0) is 29.7. The van der Waals surface area contributed by atoms with E-state index in [0.29, 0.717) is 0 Å². The van der Waals surface area contributed by atoms with Gasteiger partial charge in [-0.2, -0.15) is 0 Å². The van der Waals surface area contributed by atoms with Crippen molar-refractivity contribution in [2.75, 3.05) is 9.80 Å². The van der Waals surface area contributed by atoms with Gasteiger partial charge in [0.2, 0.25) is 0 Å². The molecule has 2 aliphatic heterocycles. The molecule has 0 bridgehead atoms. The molecule has 0 saturated carbocycles. The quantitative estimate of drug-likeness (QED) is 0.194. The van der Waals surface area contributed by atoms with E-state index in [2.05, 4.69) is 186 Å². The van der Waals surface area contributed by atoms with E-state index < -0.39 is 0 Å². The molecule has 0 atom stereocenters. The Labute approximate surface area is 264 Å². The maximum Gasteiger partial charge on any atom is 0.252 e. The number of hydrogen-bond donors (Lipinski definition) is 0. The molecule has 0 aromatic heterocycles. The van der Waals surface area contributed by atoms with Crippen LogP contribution in [0, 0.1) is 0 Å². The summed E-state index contributed by atoms with van der Waals surface area (Å²) in [5.74, 6) is 0. The summed E-state index contributed by atoms with van der Waals surface area (Å²) in [6.07, 6.45) is 0. The second kappa shape index (κ2) is 10.4. The van der Waals surface area contributed by atoms with Crippen LogP contribution in [0.5, 0.6) is 0 Å². The van der Waals surface area contributed by atoms with E-state index in [1.165, 1.54) is 67.1 Å². The van der Waals surface area contributed by atoms with Crippen LogP contribution in [-0.4, -0.2) is 6.71 Å². The van der Waals surface area contributed by atoms with Crippen LogP contribution in [0.3, 0.4) is 0 Å². The fourth-order valence-electron chi connectivity index (χ4n) is 7.28. The molecule has 7 aromatic rings. The minimum Gasteiger partial charge on any atom is -0.311 e. The molecule has 2 nitrogen and oxygen atoms in total. The molecule has 0 fully saturated rings. The number of rotatable bonds is 4. The van der Waals surface area contributed by atoms with Crippen LogP contribution in [0.1, 0.15) is 0 Å². The fourth-order valence-corrected chi connectivity index (χ4v) is 7.28. The van der Waals surface area contributed by atoms with E-state index in [9.17, 15) is 0 Å². The summed E-state index contributed by atoms with van der Waals surface area (Å²) < 4.78 is 0. The molecule has 2 heterocycles. The zero-order valence-corrected chi connectivity index (χ0v) is 24.7. The Bertz CT molecular complexity index is 2180. The van der Waals surface area contributed by atoms with Gasteiger partial charge in [-0.1, -0.05) is 127 Å². The maximum atomic E-state index is 2.49. The largest absolute Gasteiger partial charge is 0.311 e. The van der Waals surface area contributed by atoms with Gasteiger partial charge in [-0.25, -0.2) is 0 Å². The summed E-state index contributed by atoms with van der Waals surface area (Å²) >= 11 is 0. The molecule has 0 N–H and O–H groups in total. The lowest BCUT2D eigenvalue weighted by Gasteiger charge is -2.44. The zero-order valence-electron chi connectivity index (χ0n) is 24.7. The van der Waals surface area contributed by atoms with E-state index in [0.717, 1.165) is 5.69 Å². The number of anilines is 6. The van der Waals surface area contributed by atoms with E-state index in [1.54, 1.807) is 0 Å². The van der Waals surface area contributed by atoms with Crippen molar-refractivity contribution >= 4 is 57.2 Å². The van der Waals surface area contributed by atoms with Crippen molar-refractivity contribution < 1.29 is 0 Å². The van der Waals surface area contributed by atoms with Gasteiger partial charge in [0.1, 0.15) is 0 Å². The summed E-state index contributed by atoms with van der Waals surface area (Å²) in [5, 5.41) is 0. The summed E-state index contributed by atoms with van der Waals surface area (Å²) in [6.45, 7) is 0.112. The van der Waals surface area contributed by atoms with E-state index in [-0.39, 0.29) is 6.71 Å². The molecule has 0 amide bonds. The molecule has 9 rings (SSSR count). The fraction of sp³-hybridized carbons (Fsp3) is 0. The lowest BCUT2D eigenvalue weighted by Crippen LogP contribution is -2.61. The topological polar surface area (TPSA) is 6.48 Å². The summed E-state index contributed by atoms with van der Waals surface area (Å²) in [4.78, 5) is 4.92. The first kappa shape index (κ1) is 25.7. The first-order chi connectivity index (χ1) is 22.3. The van der Waals surface area contributed by atoms with Crippen LogP contribution in [-0.2, 0) is 0 Å². The van der Waals surface area contributed by atoms with Crippen molar-refractivity contribution in [2.24, 2.45) is 0 Å². The Morgan fingerprint density at radius 2 is 0.800 bits per heavy atom. The average Bonchev–Trinajstić information content (AvgIpc) is 3.12. The van der Waals surface area contributed by atoms with Gasteiger partial charge in [-0.3, -0.25) is 0 Å². The Morgan fingerprint density at radius 1 is 0.311 bits per heavy atom. The van der Waals surface area contributed by atoms with Crippen molar-refractivity contribution in [2.45, 2.75) is 0 Å². The molecule has 0 aliphatic carbocycles. The molecule has 2 aliphatic rings. The van der Waals surface area contributed by atoms with Crippen molar-refractivity contribution in [3.63, 3.8) is 0 Å². The minimum absolute atomic E-state index is 0.112. The second-order valence-electron chi connectivity index (χ2n) is 11.8. The van der Waals surface area contributed by atoms with E-state index in [4.69, 9.17) is 0 Å². The first-order valence-electron chi connectivity index (χ1n) is 15.6. The highest BCUT2D eigenvalue weighted by atomic mass is 15.2. The van der Waals surface area contributed by atoms with Gasteiger partial charge in [0.15, 0.2) is 0 Å². The van der Waals surface area contributed by atoms with Crippen LogP contribution in [0.25, 0.3) is 22.3 Å². The first-order valence-corrected chi connectivity index (χ1v) is 15.6. The average molecular weight is 573 g/mol. The SMILES string of the molecule is c1ccc(-c2cccc(N3c4cc(-c5ccccc5)ccc4B4c5ccccc5N(c5ccccc5)c5cccc3c54)c2)cc1. The molecule has 7 aromatic carbocycles. The molecule has 210 valence electrons. The van der Waals surface area contributed by atoms with E-state index >= 15 is 0 Å². The highest BCUT2D eigenvalue weighted by Crippen LogP contribution is 2.44. The van der Waals surface area contributed by atoms with Gasteiger partial charge >= 0.3 is 0 Å². The van der Waals surface area contributed by atoms with Gasteiger partial charge in [0.25, 0.3) is 6.71 Å². The minimum atomic E-state index is 0.112. The van der Waals surface area contributed by atoms with Crippen molar-refractivity contribution in [3.8, 4) is 22.3 Å². The lowest BCUT2D eigenvalue weighted by molar-refractivity contribution is 1.25. The van der Waals surface area contributed by atoms with Gasteiger partial charge < -0.3 is 9.80 Å². The number of benzene rings is 7. The predicted molar refractivity (Wildman–Crippen MR) is 191 cm³/mol. The predicted octanol–water partition coefficient (Wildman–Crippen LogP) is 9.10. The Hall–Kier alpha value is -5.80. The molecule has 0 unspecified atom stereocenters. The van der Waals surface area contributed by atoms with Crippen LogP contribution in [0.2, 0.25) is 0 Å². The van der Waals surface area contributed by atoms with E-state index in [1.807, 2.05) is 0 Å². The van der Waals surface area contributed by atoms with Crippen LogP contribution < -0.4 is 26.2 Å². The Balaban J connectivity index is 1.33. The highest BCUT2D eigenvalue weighted by Gasteiger charge is 2.43. The number of fused-ring (bicyclic) bond motifs is 4. The molecule has 3 heteroatoms. The standard InChI is InChI=1S/C42H29BN2/c1-4-14-30(15-5-1)32-18-12-21-35(28-32)45-40-25-13-24-39-42(40)43(37-27-26-33(29-41(37)45)31-16-6-2-7-17-31)36-22-10-11-23-38(36)44(39)34-19-8-3-9-20-34/h1-29H. The van der Waals surface area contributed by atoms with Crippen molar-refractivity contribution in [3.05, 3.63) is 176 Å². The molecule has 45 heavy (non-hydrogen) atoms. The third-order valence-electron chi connectivity index (χ3n) is 9.23. The smallest absolute Gasteiger partial charge is 0.252 e. The van der Waals surface area contributed by atoms with Crippen LogP contribution >= 0.6 is 0 Å². The summed E-state index contributed by atoms with van der Waals surface area (Å²) in [5.41, 5.74) is 16.1. The van der Waals surface area contributed by atoms with Crippen molar-refractivity contribution in [1.82, 2.24) is 0 Å². The monoisotopic (exact) mass is 572 g/mol. The Morgan fingerprint density at radius 3 is 1.51 bits per heavy atom. The highest BCUT2D eigenvalue weighted by molar-refractivity contribution is 7.00. The number of nitrogens with zero attached hydrogens (tertiary/aromatic N) is 2. The molecular weight excluding hydrogens is 543 g/mol. The van der Waals surface area contributed by atoms with Gasteiger partial charge in [0.05, 0.1) is 0 Å². The third-order valence-corrected chi connectivity index (χ3v) is 9.23. The second-order valence-corrected chi connectivity index (χ2v) is 11.8. The Kier molecular flexibility index (Phi) is 5.95. The molecule has 0 radical (unpaired) electrons. The van der Waals surface area contributed by atoms with Gasteiger partial charge in [0, 0.05) is 34.1 Å². The van der Waals surface area contributed by atoms with Gasteiger partial charge in [-0.15, -0.1) is 0 Å². The van der Waals surface area contributed by atoms with Crippen LogP contribution in [0.4, 0.5) is 34.1 Å². The molecule has 0 spiro atoms. The normalized spacial score (nSPS) is 12.8. The van der Waals surface area contributed by atoms with Gasteiger partial charge in [-0.05, 0) is 87.2 Å². The summed E-state index contributed by atoms with van der Waals surface area (Å²) in [7, 11) is 0. The van der Waals surface area contributed by atoms with Crippen molar-refractivity contribution in [1.29, 1.82) is 0 Å². The third kappa shape index (κ3) is 4.12. The summed E-state index contributed by atoms with van der Waals surface area (Å²) in [6, 6.07) is 63.9. The maximum absolute atomic E-state index is 2.49. The number of para-hydroxylation sites is 2. The number of hydrogen-bond acceptors (Lipinski definition) is 2. The van der Waals surface area contributed by atoms with Crippen LogP contribution in [0.15, 0.2) is 176 Å². The molecular formula is C42H29BN2.